The van der Waals surface area contributed by atoms with E-state index in [-0.39, 0.29) is 0 Å². The van der Waals surface area contributed by atoms with Crippen molar-refractivity contribution < 1.29 is 0 Å². The van der Waals surface area contributed by atoms with E-state index in [2.05, 4.69) is 59.7 Å². The fraction of sp³-hybridized carbons (Fsp3) is 0.318. The lowest BCUT2D eigenvalue weighted by atomic mass is 9.84. The fourth-order valence-corrected chi connectivity index (χ4v) is 3.85. The quantitative estimate of drug-likeness (QED) is 0.597. The lowest BCUT2D eigenvalue weighted by molar-refractivity contribution is 0.443. The molecule has 2 aromatic carbocycles. The van der Waals surface area contributed by atoms with Gasteiger partial charge in [0.1, 0.15) is 0 Å². The number of aromatic nitrogens is 2. The lowest BCUT2D eigenvalue weighted by Gasteiger charge is -2.22. The summed E-state index contributed by atoms with van der Waals surface area (Å²) in [6.07, 6.45) is 6.88. The second kappa shape index (κ2) is 6.64. The maximum atomic E-state index is 4.69. The van der Waals surface area contributed by atoms with E-state index < -0.39 is 0 Å². The minimum Gasteiger partial charge on any atom is -0.267 e. The van der Waals surface area contributed by atoms with Crippen LogP contribution in [0, 0.1) is 0 Å². The molecule has 4 rings (SSSR count). The van der Waals surface area contributed by atoms with Crippen molar-refractivity contribution in [3.8, 4) is 22.5 Å². The minimum atomic E-state index is 0.763. The van der Waals surface area contributed by atoms with Crippen molar-refractivity contribution in [1.82, 2.24) is 9.78 Å². The van der Waals surface area contributed by atoms with Crippen LogP contribution < -0.4 is 0 Å². The molecule has 1 aliphatic carbocycles. The molecule has 0 aliphatic heterocycles. The van der Waals surface area contributed by atoms with Crippen molar-refractivity contribution in [2.45, 2.75) is 38.0 Å². The zero-order valence-electron chi connectivity index (χ0n) is 14.3. The molecule has 0 unspecified atom stereocenters. The number of hydrogen-bond acceptors (Lipinski definition) is 1. The van der Waals surface area contributed by atoms with Crippen LogP contribution in [-0.4, -0.2) is 9.78 Å². The topological polar surface area (TPSA) is 17.8 Å². The largest absolute Gasteiger partial charge is 0.267 e. The first-order valence-corrected chi connectivity index (χ1v) is 9.01. The van der Waals surface area contributed by atoms with Crippen LogP contribution in [0.2, 0.25) is 0 Å². The van der Waals surface area contributed by atoms with E-state index in [1.54, 1.807) is 0 Å². The molecule has 0 N–H and O–H groups in total. The van der Waals surface area contributed by atoms with E-state index in [9.17, 15) is 0 Å². The smallest absolute Gasteiger partial charge is 0.0929 e. The molecule has 122 valence electrons. The van der Waals surface area contributed by atoms with Crippen LogP contribution in [0.5, 0.6) is 0 Å². The molecule has 0 radical (unpaired) electrons. The average Bonchev–Trinajstić information content (AvgIpc) is 3.05. The Labute approximate surface area is 144 Å². The molecule has 1 fully saturated rings. The average molecular weight is 316 g/mol. The molecule has 0 spiro atoms. The summed E-state index contributed by atoms with van der Waals surface area (Å²) in [6.45, 7) is 0. The van der Waals surface area contributed by atoms with Gasteiger partial charge in [0.25, 0.3) is 0 Å². The summed E-state index contributed by atoms with van der Waals surface area (Å²) in [5.74, 6) is 0.763. The van der Waals surface area contributed by atoms with Crippen LogP contribution in [-0.2, 0) is 7.05 Å². The number of nitrogens with zero attached hydrogens (tertiary/aromatic N) is 2. The first kappa shape index (κ1) is 15.2. The summed E-state index contributed by atoms with van der Waals surface area (Å²) in [6, 6.07) is 21.7. The maximum absolute atomic E-state index is 4.69. The zero-order chi connectivity index (χ0) is 16.4. The van der Waals surface area contributed by atoms with Gasteiger partial charge in [0, 0.05) is 12.6 Å². The molecule has 1 saturated carbocycles. The van der Waals surface area contributed by atoms with Crippen LogP contribution >= 0.6 is 0 Å². The van der Waals surface area contributed by atoms with E-state index in [0.717, 1.165) is 17.2 Å². The van der Waals surface area contributed by atoms with E-state index in [4.69, 9.17) is 0 Å². The predicted molar refractivity (Wildman–Crippen MR) is 99.9 cm³/mol. The Morgan fingerprint density at radius 2 is 1.54 bits per heavy atom. The Bertz CT molecular complexity index is 794. The lowest BCUT2D eigenvalue weighted by Crippen LogP contribution is -2.04. The van der Waals surface area contributed by atoms with Gasteiger partial charge >= 0.3 is 0 Å². The van der Waals surface area contributed by atoms with Crippen molar-refractivity contribution in [3.05, 3.63) is 66.2 Å². The summed E-state index contributed by atoms with van der Waals surface area (Å²) in [5, 5.41) is 4.69. The summed E-state index contributed by atoms with van der Waals surface area (Å²) < 4.78 is 1.98. The molecular weight excluding hydrogens is 292 g/mol. The third kappa shape index (κ3) is 3.01. The number of aryl methyl sites for hydroxylation is 1. The Balaban J connectivity index is 1.61. The van der Waals surface area contributed by atoms with Crippen LogP contribution in [0.25, 0.3) is 22.5 Å². The van der Waals surface area contributed by atoms with Gasteiger partial charge in [-0.2, -0.15) is 5.10 Å². The van der Waals surface area contributed by atoms with Crippen molar-refractivity contribution >= 4 is 0 Å². The van der Waals surface area contributed by atoms with Crippen molar-refractivity contribution in [2.75, 3.05) is 0 Å². The Morgan fingerprint density at radius 1 is 0.833 bits per heavy atom. The van der Waals surface area contributed by atoms with Gasteiger partial charge in [0.05, 0.1) is 11.4 Å². The van der Waals surface area contributed by atoms with Gasteiger partial charge in [-0.1, -0.05) is 73.9 Å². The molecular formula is C22H24N2. The third-order valence-electron chi connectivity index (χ3n) is 5.23. The van der Waals surface area contributed by atoms with Crippen LogP contribution in [0.15, 0.2) is 60.7 Å². The molecule has 1 aromatic heterocycles. The Hall–Kier alpha value is -2.35. The molecule has 0 atom stereocenters. The van der Waals surface area contributed by atoms with E-state index in [1.807, 2.05) is 17.8 Å². The molecule has 0 amide bonds. The van der Waals surface area contributed by atoms with E-state index in [1.165, 1.54) is 48.9 Å². The van der Waals surface area contributed by atoms with E-state index >= 15 is 0 Å². The zero-order valence-corrected chi connectivity index (χ0v) is 14.3. The second-order valence-corrected chi connectivity index (χ2v) is 6.86. The Morgan fingerprint density at radius 3 is 2.25 bits per heavy atom. The van der Waals surface area contributed by atoms with E-state index in [0.29, 0.717) is 0 Å². The molecule has 1 heterocycles. The highest BCUT2D eigenvalue weighted by molar-refractivity contribution is 5.68. The van der Waals surface area contributed by atoms with Crippen LogP contribution in [0.4, 0.5) is 0 Å². The monoisotopic (exact) mass is 316 g/mol. The molecule has 0 saturated heterocycles. The fourth-order valence-electron chi connectivity index (χ4n) is 3.85. The SMILES string of the molecule is Cn1nc(-c2ccccc2)cc1-c1ccc(C2CCCCC2)cc1. The third-order valence-corrected chi connectivity index (χ3v) is 5.23. The van der Waals surface area contributed by atoms with Gasteiger partial charge in [-0.25, -0.2) is 0 Å². The summed E-state index contributed by atoms with van der Waals surface area (Å²) in [5.41, 5.74) is 6.11. The first-order valence-electron chi connectivity index (χ1n) is 9.01. The van der Waals surface area contributed by atoms with Gasteiger partial charge < -0.3 is 0 Å². The summed E-state index contributed by atoms with van der Waals surface area (Å²) in [7, 11) is 2.02. The van der Waals surface area contributed by atoms with Gasteiger partial charge in [-0.15, -0.1) is 0 Å². The van der Waals surface area contributed by atoms with Crippen LogP contribution in [0.3, 0.4) is 0 Å². The minimum absolute atomic E-state index is 0.763. The van der Waals surface area contributed by atoms with Crippen molar-refractivity contribution in [2.24, 2.45) is 7.05 Å². The summed E-state index contributed by atoms with van der Waals surface area (Å²) >= 11 is 0. The standard InChI is InChI=1S/C22H24N2/c1-24-22(16-21(23-24)19-10-6-3-7-11-19)20-14-12-18(13-15-20)17-8-4-2-5-9-17/h3,6-7,10-17H,2,4-5,8-9H2,1H3. The van der Waals surface area contributed by atoms with Crippen molar-refractivity contribution in [1.29, 1.82) is 0 Å². The second-order valence-electron chi connectivity index (χ2n) is 6.86. The molecule has 3 aromatic rings. The van der Waals surface area contributed by atoms with Gasteiger partial charge in [-0.3, -0.25) is 4.68 Å². The number of rotatable bonds is 3. The van der Waals surface area contributed by atoms with Gasteiger partial charge in [0.2, 0.25) is 0 Å². The van der Waals surface area contributed by atoms with Crippen molar-refractivity contribution in [3.63, 3.8) is 0 Å². The highest BCUT2D eigenvalue weighted by Gasteiger charge is 2.16. The number of hydrogen-bond donors (Lipinski definition) is 0. The van der Waals surface area contributed by atoms with Gasteiger partial charge in [-0.05, 0) is 36.0 Å². The van der Waals surface area contributed by atoms with Crippen LogP contribution in [0.1, 0.15) is 43.6 Å². The molecule has 2 heteroatoms. The molecule has 24 heavy (non-hydrogen) atoms. The number of benzene rings is 2. The maximum Gasteiger partial charge on any atom is 0.0929 e. The highest BCUT2D eigenvalue weighted by atomic mass is 15.3. The molecule has 2 nitrogen and oxygen atoms in total. The predicted octanol–water partition coefficient (Wildman–Crippen LogP) is 5.80. The molecule has 1 aliphatic rings. The molecule has 0 bridgehead atoms. The highest BCUT2D eigenvalue weighted by Crippen LogP contribution is 2.34. The first-order chi connectivity index (χ1) is 11.8. The normalized spacial score (nSPS) is 15.5. The van der Waals surface area contributed by atoms with Gasteiger partial charge in [0.15, 0.2) is 0 Å². The summed E-state index contributed by atoms with van der Waals surface area (Å²) in [4.78, 5) is 0. The Kier molecular flexibility index (Phi) is 4.20.